The first-order valence-corrected chi connectivity index (χ1v) is 4.93. The number of amides is 1. The van der Waals surface area contributed by atoms with Gasteiger partial charge in [0.25, 0.3) is 5.91 Å². The van der Waals surface area contributed by atoms with Crippen molar-refractivity contribution >= 4 is 17.7 Å². The van der Waals surface area contributed by atoms with Crippen molar-refractivity contribution in [2.24, 2.45) is 5.73 Å². The van der Waals surface area contributed by atoms with Crippen LogP contribution in [0.5, 0.6) is 5.75 Å². The Bertz CT molecular complexity index is 422. The van der Waals surface area contributed by atoms with Crippen LogP contribution in [0.25, 0.3) is 0 Å². The minimum Gasteiger partial charge on any atom is -0.504 e. The minimum absolute atomic E-state index is 0.0581. The highest BCUT2D eigenvalue weighted by Crippen LogP contribution is 2.18. The first kappa shape index (κ1) is 12.9. The van der Waals surface area contributed by atoms with Crippen LogP contribution in [0, 0.1) is 0 Å². The Morgan fingerprint density at radius 1 is 1.65 bits per heavy atom. The van der Waals surface area contributed by atoms with Gasteiger partial charge in [0, 0.05) is 6.20 Å². The highest BCUT2D eigenvalue weighted by molar-refractivity contribution is 6.08. The van der Waals surface area contributed by atoms with E-state index in [9.17, 15) is 14.7 Å². The number of ether oxygens (including phenoxy) is 1. The topological polar surface area (TPSA) is 115 Å². The number of anilines is 1. The van der Waals surface area contributed by atoms with E-state index in [1.54, 1.807) is 6.92 Å². The number of carbonyl (C=O) groups is 2. The number of nitrogens with zero attached hydrogens (tertiary/aromatic N) is 1. The van der Waals surface area contributed by atoms with E-state index in [0.29, 0.717) is 0 Å². The van der Waals surface area contributed by atoms with Crippen molar-refractivity contribution in [2.75, 3.05) is 11.9 Å². The molecule has 7 nitrogen and oxygen atoms in total. The van der Waals surface area contributed by atoms with Crippen molar-refractivity contribution in [1.29, 1.82) is 0 Å². The molecule has 0 radical (unpaired) electrons. The summed E-state index contributed by atoms with van der Waals surface area (Å²) in [6, 6.07) is 1.39. The van der Waals surface area contributed by atoms with Crippen LogP contribution >= 0.6 is 0 Å². The number of carbonyl (C=O) groups excluding carboxylic acids is 2. The summed E-state index contributed by atoms with van der Waals surface area (Å²) in [5, 5.41) is 11.6. The van der Waals surface area contributed by atoms with Crippen molar-refractivity contribution in [1.82, 2.24) is 4.98 Å². The third-order valence-electron chi connectivity index (χ3n) is 1.85. The number of nitrogens with one attached hydrogen (secondary N) is 1. The summed E-state index contributed by atoms with van der Waals surface area (Å²) in [7, 11) is 0. The molecule has 0 fully saturated rings. The molecule has 17 heavy (non-hydrogen) atoms. The third kappa shape index (κ3) is 3.42. The Morgan fingerprint density at radius 3 is 2.94 bits per heavy atom. The molecule has 1 atom stereocenters. The molecule has 1 amide bonds. The molecule has 1 unspecified atom stereocenters. The standard InChI is InChI=1S/C10H13N3O4/c1-2-17-10(16)7(11)9(15)13-8-6(14)4-3-5-12-8/h3-5,7,14H,2,11H2,1H3,(H,12,13,15). The van der Waals surface area contributed by atoms with Crippen LogP contribution < -0.4 is 11.1 Å². The summed E-state index contributed by atoms with van der Waals surface area (Å²) >= 11 is 0. The monoisotopic (exact) mass is 239 g/mol. The normalized spacial score (nSPS) is 11.6. The molecular formula is C10H13N3O4. The number of hydrogen-bond acceptors (Lipinski definition) is 6. The number of hydrogen-bond donors (Lipinski definition) is 3. The van der Waals surface area contributed by atoms with Gasteiger partial charge in [-0.25, -0.2) is 9.78 Å². The maximum Gasteiger partial charge on any atom is 0.332 e. The fraction of sp³-hybridized carbons (Fsp3) is 0.300. The molecule has 1 aromatic heterocycles. The second-order valence-electron chi connectivity index (χ2n) is 3.09. The first-order valence-electron chi connectivity index (χ1n) is 4.93. The van der Waals surface area contributed by atoms with Crippen molar-refractivity contribution < 1.29 is 19.4 Å². The molecule has 0 aromatic carbocycles. The van der Waals surface area contributed by atoms with Gasteiger partial charge < -0.3 is 20.9 Å². The molecule has 4 N–H and O–H groups in total. The van der Waals surface area contributed by atoms with Crippen LogP contribution in [0.15, 0.2) is 18.3 Å². The maximum atomic E-state index is 11.5. The minimum atomic E-state index is -1.45. The summed E-state index contributed by atoms with van der Waals surface area (Å²) in [5.41, 5.74) is 5.35. The smallest absolute Gasteiger partial charge is 0.332 e. The molecular weight excluding hydrogens is 226 g/mol. The lowest BCUT2D eigenvalue weighted by Crippen LogP contribution is -2.43. The lowest BCUT2D eigenvalue weighted by molar-refractivity contribution is -0.146. The summed E-state index contributed by atoms with van der Waals surface area (Å²) < 4.78 is 4.59. The van der Waals surface area contributed by atoms with Crippen molar-refractivity contribution in [3.05, 3.63) is 18.3 Å². The van der Waals surface area contributed by atoms with E-state index < -0.39 is 17.9 Å². The SMILES string of the molecule is CCOC(=O)C(N)C(=O)Nc1ncccc1O. The number of aromatic hydroxyl groups is 1. The molecule has 7 heteroatoms. The summed E-state index contributed by atoms with van der Waals surface area (Å²) in [5.74, 6) is -1.90. The van der Waals surface area contributed by atoms with E-state index in [1.807, 2.05) is 0 Å². The van der Waals surface area contributed by atoms with Crippen molar-refractivity contribution in [3.63, 3.8) is 0 Å². The number of esters is 1. The molecule has 1 rings (SSSR count). The Labute approximate surface area is 97.6 Å². The van der Waals surface area contributed by atoms with E-state index in [1.165, 1.54) is 18.3 Å². The van der Waals surface area contributed by atoms with Gasteiger partial charge in [0.15, 0.2) is 17.6 Å². The number of rotatable bonds is 4. The number of nitrogens with two attached hydrogens (primary N) is 1. The van der Waals surface area contributed by atoms with Crippen LogP contribution in [-0.2, 0) is 14.3 Å². The summed E-state index contributed by atoms with van der Waals surface area (Å²) in [4.78, 5) is 26.4. The molecule has 0 spiro atoms. The molecule has 92 valence electrons. The fourth-order valence-electron chi connectivity index (χ4n) is 1.03. The molecule has 0 aliphatic carbocycles. The van der Waals surface area contributed by atoms with Crippen LogP contribution in [0.2, 0.25) is 0 Å². The summed E-state index contributed by atoms with van der Waals surface area (Å²) in [6.07, 6.45) is 1.38. The molecule has 0 saturated carbocycles. The van der Waals surface area contributed by atoms with Gasteiger partial charge in [-0.3, -0.25) is 4.79 Å². The highest BCUT2D eigenvalue weighted by Gasteiger charge is 2.24. The van der Waals surface area contributed by atoms with Gasteiger partial charge in [0.2, 0.25) is 0 Å². The van der Waals surface area contributed by atoms with Crippen LogP contribution in [0.3, 0.4) is 0 Å². The molecule has 0 bridgehead atoms. The Kier molecular flexibility index (Phi) is 4.41. The quantitative estimate of drug-likeness (QED) is 0.487. The van der Waals surface area contributed by atoms with E-state index >= 15 is 0 Å². The predicted molar refractivity (Wildman–Crippen MR) is 59.1 cm³/mol. The molecule has 0 aliphatic rings. The molecule has 0 aliphatic heterocycles. The zero-order valence-corrected chi connectivity index (χ0v) is 9.21. The largest absolute Gasteiger partial charge is 0.504 e. The van der Waals surface area contributed by atoms with Gasteiger partial charge in [-0.1, -0.05) is 0 Å². The van der Waals surface area contributed by atoms with Crippen LogP contribution in [-0.4, -0.2) is 34.6 Å². The predicted octanol–water partition coefficient (Wildman–Crippen LogP) is -0.384. The van der Waals surface area contributed by atoms with Gasteiger partial charge in [0.1, 0.15) is 0 Å². The fourth-order valence-corrected chi connectivity index (χ4v) is 1.03. The molecule has 1 aromatic rings. The van der Waals surface area contributed by atoms with Gasteiger partial charge in [0.05, 0.1) is 6.61 Å². The third-order valence-corrected chi connectivity index (χ3v) is 1.85. The second kappa shape index (κ2) is 5.80. The maximum absolute atomic E-state index is 11.5. The highest BCUT2D eigenvalue weighted by atomic mass is 16.5. The Balaban J connectivity index is 2.67. The van der Waals surface area contributed by atoms with E-state index in [2.05, 4.69) is 15.0 Å². The zero-order chi connectivity index (χ0) is 12.8. The summed E-state index contributed by atoms with van der Waals surface area (Å²) in [6.45, 7) is 1.74. The Morgan fingerprint density at radius 2 is 2.35 bits per heavy atom. The number of pyridine rings is 1. The lowest BCUT2D eigenvalue weighted by atomic mass is 10.3. The lowest BCUT2D eigenvalue weighted by Gasteiger charge is -2.11. The zero-order valence-electron chi connectivity index (χ0n) is 9.21. The molecule has 1 heterocycles. The Hall–Kier alpha value is -2.15. The van der Waals surface area contributed by atoms with Gasteiger partial charge in [-0.15, -0.1) is 0 Å². The van der Waals surface area contributed by atoms with E-state index in [4.69, 9.17) is 5.73 Å². The second-order valence-corrected chi connectivity index (χ2v) is 3.09. The molecule has 0 saturated heterocycles. The van der Waals surface area contributed by atoms with Crippen molar-refractivity contribution in [2.45, 2.75) is 13.0 Å². The van der Waals surface area contributed by atoms with E-state index in [-0.39, 0.29) is 18.2 Å². The average Bonchev–Trinajstić information content (AvgIpc) is 2.31. The average molecular weight is 239 g/mol. The van der Waals surface area contributed by atoms with Crippen LogP contribution in [0.4, 0.5) is 5.82 Å². The van der Waals surface area contributed by atoms with Crippen molar-refractivity contribution in [3.8, 4) is 5.75 Å². The first-order chi connectivity index (χ1) is 8.06. The van der Waals surface area contributed by atoms with Gasteiger partial charge in [-0.2, -0.15) is 0 Å². The number of aromatic nitrogens is 1. The van der Waals surface area contributed by atoms with Crippen LogP contribution in [0.1, 0.15) is 6.92 Å². The van der Waals surface area contributed by atoms with Gasteiger partial charge >= 0.3 is 5.97 Å². The van der Waals surface area contributed by atoms with Gasteiger partial charge in [-0.05, 0) is 19.1 Å². The van der Waals surface area contributed by atoms with E-state index in [0.717, 1.165) is 0 Å².